The van der Waals surface area contributed by atoms with Crippen molar-refractivity contribution in [1.82, 2.24) is 10.3 Å². The van der Waals surface area contributed by atoms with E-state index in [-0.39, 0.29) is 17.0 Å². The Morgan fingerprint density at radius 1 is 1.04 bits per heavy atom. The summed E-state index contributed by atoms with van der Waals surface area (Å²) in [5, 5.41) is 7.97. The average molecular weight is 362 g/mol. The van der Waals surface area contributed by atoms with Gasteiger partial charge in [0.15, 0.2) is 5.69 Å². The molecule has 2 aromatic rings. The number of hydrogen-bond donors (Lipinski definition) is 2. The molecule has 5 nitrogen and oxygen atoms in total. The molecule has 2 N–H and O–H groups in total. The van der Waals surface area contributed by atoms with Crippen molar-refractivity contribution in [2.75, 3.05) is 12.4 Å². The number of nitrogens with one attached hydrogen (secondary N) is 2. The third-order valence-electron chi connectivity index (χ3n) is 3.16. The van der Waals surface area contributed by atoms with E-state index in [0.717, 1.165) is 21.3 Å². The van der Waals surface area contributed by atoms with E-state index in [4.69, 9.17) is 4.74 Å². The zero-order valence-electron chi connectivity index (χ0n) is 16.0. The topological polar surface area (TPSA) is 63.2 Å². The Bertz CT molecular complexity index is 738. The van der Waals surface area contributed by atoms with Crippen LogP contribution in [0.25, 0.3) is 10.6 Å². The fourth-order valence-electron chi connectivity index (χ4n) is 2.16. The molecule has 1 aromatic heterocycles. The molecule has 0 radical (unpaired) electrons. The largest absolute Gasteiger partial charge is 0.497 e. The van der Waals surface area contributed by atoms with Gasteiger partial charge in [0, 0.05) is 16.6 Å². The van der Waals surface area contributed by atoms with E-state index in [1.807, 2.05) is 45.0 Å². The number of anilines is 1. The van der Waals surface area contributed by atoms with Crippen molar-refractivity contribution in [3.8, 4) is 16.3 Å². The van der Waals surface area contributed by atoms with E-state index in [9.17, 15) is 4.79 Å². The van der Waals surface area contributed by atoms with E-state index >= 15 is 0 Å². The Morgan fingerprint density at radius 3 is 2.12 bits per heavy atom. The molecule has 1 heterocycles. The van der Waals surface area contributed by atoms with Gasteiger partial charge >= 0.3 is 0 Å². The van der Waals surface area contributed by atoms with E-state index in [1.54, 1.807) is 7.11 Å². The monoisotopic (exact) mass is 361 g/mol. The number of nitrogens with zero attached hydrogens (tertiary/aromatic N) is 1. The minimum Gasteiger partial charge on any atom is -0.497 e. The van der Waals surface area contributed by atoms with Gasteiger partial charge in [-0.1, -0.05) is 11.3 Å². The minimum absolute atomic E-state index is 0.166. The van der Waals surface area contributed by atoms with Crippen LogP contribution in [0.4, 0.5) is 5.00 Å². The molecule has 2 rings (SSSR count). The molecule has 0 bridgehead atoms. The Labute approximate surface area is 153 Å². The molecule has 25 heavy (non-hydrogen) atoms. The highest BCUT2D eigenvalue weighted by Crippen LogP contribution is 2.34. The van der Waals surface area contributed by atoms with E-state index in [1.165, 1.54) is 11.3 Å². The molecule has 0 atom stereocenters. The maximum Gasteiger partial charge on any atom is 0.273 e. The van der Waals surface area contributed by atoms with Gasteiger partial charge in [-0.05, 0) is 65.8 Å². The average Bonchev–Trinajstić information content (AvgIpc) is 2.87. The first-order valence-corrected chi connectivity index (χ1v) is 9.06. The summed E-state index contributed by atoms with van der Waals surface area (Å²) in [6.45, 7) is 12.1. The molecule has 0 saturated heterocycles. The van der Waals surface area contributed by atoms with Crippen molar-refractivity contribution in [1.29, 1.82) is 0 Å². The van der Waals surface area contributed by atoms with Crippen LogP contribution >= 0.6 is 11.3 Å². The molecule has 1 amide bonds. The van der Waals surface area contributed by atoms with Gasteiger partial charge < -0.3 is 15.4 Å². The van der Waals surface area contributed by atoms with Crippen LogP contribution in [0.3, 0.4) is 0 Å². The Balaban J connectivity index is 2.42. The summed E-state index contributed by atoms with van der Waals surface area (Å²) in [6, 6.07) is 7.68. The molecule has 0 fully saturated rings. The Morgan fingerprint density at radius 2 is 1.64 bits per heavy atom. The van der Waals surface area contributed by atoms with Gasteiger partial charge in [0.2, 0.25) is 0 Å². The summed E-state index contributed by atoms with van der Waals surface area (Å²) in [6.07, 6.45) is 0. The van der Waals surface area contributed by atoms with Gasteiger partial charge in [-0.25, -0.2) is 4.98 Å². The lowest BCUT2D eigenvalue weighted by Gasteiger charge is -2.23. The first-order chi connectivity index (χ1) is 11.5. The van der Waals surface area contributed by atoms with Crippen molar-refractivity contribution >= 4 is 22.2 Å². The normalized spacial score (nSPS) is 12.0. The minimum atomic E-state index is -0.319. The Kier molecular flexibility index (Phi) is 5.42. The summed E-state index contributed by atoms with van der Waals surface area (Å²) in [4.78, 5) is 17.3. The Hall–Kier alpha value is -2.08. The van der Waals surface area contributed by atoms with Gasteiger partial charge in [0.1, 0.15) is 15.8 Å². The number of hydrogen-bond acceptors (Lipinski definition) is 5. The van der Waals surface area contributed by atoms with Crippen LogP contribution in [0.1, 0.15) is 52.0 Å². The standard InChI is InChI=1S/C19H27N3O2S/c1-18(2,3)21-15(23)14-17(22-19(4,5)6)25-16(20-14)12-8-10-13(24-7)11-9-12/h8-11,22H,1-7H3,(H,21,23). The predicted molar refractivity (Wildman–Crippen MR) is 105 cm³/mol. The molecule has 136 valence electrons. The SMILES string of the molecule is COc1ccc(-c2nc(C(=O)NC(C)(C)C)c(NC(C)(C)C)s2)cc1. The van der Waals surface area contributed by atoms with Gasteiger partial charge in [0.05, 0.1) is 7.11 Å². The molecule has 0 saturated carbocycles. The van der Waals surface area contributed by atoms with Crippen LogP contribution in [0, 0.1) is 0 Å². The summed E-state index contributed by atoms with van der Waals surface area (Å²) in [5.74, 6) is 0.620. The molecule has 0 aliphatic rings. The van der Waals surface area contributed by atoms with Crippen LogP contribution in [0.2, 0.25) is 0 Å². The fraction of sp³-hybridized carbons (Fsp3) is 0.474. The van der Waals surface area contributed by atoms with Crippen LogP contribution in [0.5, 0.6) is 5.75 Å². The number of carbonyl (C=O) groups is 1. The quantitative estimate of drug-likeness (QED) is 0.838. The highest BCUT2D eigenvalue weighted by molar-refractivity contribution is 7.19. The molecule has 0 aliphatic carbocycles. The number of ether oxygens (including phenoxy) is 1. The molecule has 0 spiro atoms. The fourth-order valence-corrected chi connectivity index (χ4v) is 3.33. The van der Waals surface area contributed by atoms with Crippen LogP contribution in [-0.4, -0.2) is 29.1 Å². The van der Waals surface area contributed by atoms with E-state index in [0.29, 0.717) is 5.69 Å². The first kappa shape index (κ1) is 19.2. The van der Waals surface area contributed by atoms with Gasteiger partial charge in [0.25, 0.3) is 5.91 Å². The van der Waals surface area contributed by atoms with Gasteiger partial charge in [-0.2, -0.15) is 0 Å². The maximum absolute atomic E-state index is 12.7. The summed E-state index contributed by atoms with van der Waals surface area (Å²) in [7, 11) is 1.64. The zero-order chi connectivity index (χ0) is 18.8. The van der Waals surface area contributed by atoms with Crippen LogP contribution in [-0.2, 0) is 0 Å². The van der Waals surface area contributed by atoms with Crippen LogP contribution in [0.15, 0.2) is 24.3 Å². The van der Waals surface area contributed by atoms with Crippen molar-refractivity contribution in [2.24, 2.45) is 0 Å². The van der Waals surface area contributed by atoms with Crippen molar-refractivity contribution in [2.45, 2.75) is 52.6 Å². The highest BCUT2D eigenvalue weighted by atomic mass is 32.1. The molecular formula is C19H27N3O2S. The second-order valence-electron chi connectivity index (χ2n) is 8.00. The number of benzene rings is 1. The van der Waals surface area contributed by atoms with Gasteiger partial charge in [-0.15, -0.1) is 0 Å². The van der Waals surface area contributed by atoms with Crippen molar-refractivity contribution in [3.63, 3.8) is 0 Å². The van der Waals surface area contributed by atoms with Crippen LogP contribution < -0.4 is 15.4 Å². The number of carbonyl (C=O) groups excluding carboxylic acids is 1. The lowest BCUT2D eigenvalue weighted by atomic mass is 10.1. The van der Waals surface area contributed by atoms with Crippen molar-refractivity contribution < 1.29 is 9.53 Å². The van der Waals surface area contributed by atoms with Crippen molar-refractivity contribution in [3.05, 3.63) is 30.0 Å². The maximum atomic E-state index is 12.7. The summed E-state index contributed by atoms with van der Waals surface area (Å²) >= 11 is 1.48. The lowest BCUT2D eigenvalue weighted by molar-refractivity contribution is 0.0916. The molecule has 6 heteroatoms. The number of aromatic nitrogens is 1. The van der Waals surface area contributed by atoms with E-state index < -0.39 is 0 Å². The number of rotatable bonds is 4. The predicted octanol–water partition coefficient (Wildman–Crippen LogP) is 4.56. The summed E-state index contributed by atoms with van der Waals surface area (Å²) in [5.41, 5.74) is 0.902. The van der Waals surface area contributed by atoms with E-state index in [2.05, 4.69) is 36.4 Å². The first-order valence-electron chi connectivity index (χ1n) is 8.24. The van der Waals surface area contributed by atoms with Gasteiger partial charge in [-0.3, -0.25) is 4.79 Å². The molecule has 0 unspecified atom stereocenters. The number of thiazole rings is 1. The highest BCUT2D eigenvalue weighted by Gasteiger charge is 2.25. The molecular weight excluding hydrogens is 334 g/mol. The number of amides is 1. The lowest BCUT2D eigenvalue weighted by Crippen LogP contribution is -2.41. The zero-order valence-corrected chi connectivity index (χ0v) is 16.8. The second kappa shape index (κ2) is 7.04. The third-order valence-corrected chi connectivity index (χ3v) is 4.18. The number of methoxy groups -OCH3 is 1. The molecule has 0 aliphatic heterocycles. The second-order valence-corrected chi connectivity index (χ2v) is 9.00. The molecule has 1 aromatic carbocycles. The summed E-state index contributed by atoms with van der Waals surface area (Å²) < 4.78 is 5.20. The third kappa shape index (κ3) is 5.46. The smallest absolute Gasteiger partial charge is 0.273 e.